The predicted octanol–water partition coefficient (Wildman–Crippen LogP) is 3.63. The monoisotopic (exact) mass is 307 g/mol. The van der Waals surface area contributed by atoms with Crippen molar-refractivity contribution in [1.82, 2.24) is 4.98 Å². The first kappa shape index (κ1) is 15.1. The van der Waals surface area contributed by atoms with Gasteiger partial charge in [-0.3, -0.25) is 0 Å². The van der Waals surface area contributed by atoms with Crippen LogP contribution in [0.15, 0.2) is 60.7 Å². The maximum absolute atomic E-state index is 12.2. The minimum Gasteiger partial charge on any atom is -0.464 e. The molecule has 0 atom stereocenters. The van der Waals surface area contributed by atoms with E-state index in [1.165, 1.54) is 7.11 Å². The Bertz CT molecular complexity index is 807. The van der Waals surface area contributed by atoms with Crippen LogP contribution < -0.4 is 0 Å². The molecule has 4 nitrogen and oxygen atoms in total. The molecule has 3 rings (SSSR count). The molecular formula is C19H17NO3. The van der Waals surface area contributed by atoms with Crippen LogP contribution in [0.5, 0.6) is 0 Å². The van der Waals surface area contributed by atoms with Crippen molar-refractivity contribution in [3.8, 4) is 22.3 Å². The first-order valence-corrected chi connectivity index (χ1v) is 7.31. The first-order valence-electron chi connectivity index (χ1n) is 7.31. The van der Waals surface area contributed by atoms with E-state index in [0.29, 0.717) is 11.4 Å². The quantitative estimate of drug-likeness (QED) is 0.724. The molecule has 2 aromatic carbocycles. The van der Waals surface area contributed by atoms with Crippen LogP contribution in [0, 0.1) is 0 Å². The number of methoxy groups -OCH3 is 1. The highest BCUT2D eigenvalue weighted by molar-refractivity contribution is 6.02. The Balaban J connectivity index is 2.33. The molecule has 0 aliphatic rings. The van der Waals surface area contributed by atoms with Crippen molar-refractivity contribution in [3.63, 3.8) is 0 Å². The molecule has 0 saturated heterocycles. The minimum atomic E-state index is -0.458. The van der Waals surface area contributed by atoms with E-state index < -0.39 is 5.97 Å². The van der Waals surface area contributed by atoms with Gasteiger partial charge in [0.15, 0.2) is 0 Å². The summed E-state index contributed by atoms with van der Waals surface area (Å²) in [6.07, 6.45) is 0. The number of ether oxygens (including phenoxy) is 1. The molecule has 3 aromatic rings. The van der Waals surface area contributed by atoms with Crippen molar-refractivity contribution in [2.24, 2.45) is 0 Å². The number of esters is 1. The molecule has 4 heteroatoms. The van der Waals surface area contributed by atoms with E-state index in [0.717, 1.165) is 22.3 Å². The van der Waals surface area contributed by atoms with Gasteiger partial charge < -0.3 is 14.8 Å². The normalized spacial score (nSPS) is 10.5. The van der Waals surface area contributed by atoms with Crippen LogP contribution in [-0.4, -0.2) is 23.2 Å². The Morgan fingerprint density at radius 1 is 0.957 bits per heavy atom. The van der Waals surface area contributed by atoms with Crippen molar-refractivity contribution in [1.29, 1.82) is 0 Å². The second-order valence-corrected chi connectivity index (χ2v) is 5.11. The summed E-state index contributed by atoms with van der Waals surface area (Å²) in [6, 6.07) is 19.3. The summed E-state index contributed by atoms with van der Waals surface area (Å²) >= 11 is 0. The number of benzene rings is 2. The highest BCUT2D eigenvalue weighted by Gasteiger charge is 2.24. The van der Waals surface area contributed by atoms with E-state index >= 15 is 0 Å². The average Bonchev–Trinajstić information content (AvgIpc) is 3.02. The number of aliphatic hydroxyl groups excluding tert-OH is 1. The molecule has 0 aliphatic heterocycles. The molecule has 2 N–H and O–H groups in total. The topological polar surface area (TPSA) is 62.3 Å². The molecule has 0 saturated carbocycles. The Hall–Kier alpha value is -2.85. The summed E-state index contributed by atoms with van der Waals surface area (Å²) < 4.78 is 4.90. The smallest absolute Gasteiger partial charge is 0.355 e. The maximum Gasteiger partial charge on any atom is 0.355 e. The molecule has 116 valence electrons. The molecule has 0 unspecified atom stereocenters. The highest BCUT2D eigenvalue weighted by atomic mass is 16.5. The summed E-state index contributed by atoms with van der Waals surface area (Å²) in [5.74, 6) is -0.458. The summed E-state index contributed by atoms with van der Waals surface area (Å²) in [5.41, 5.74) is 4.33. The van der Waals surface area contributed by atoms with Crippen LogP contribution in [0.4, 0.5) is 0 Å². The summed E-state index contributed by atoms with van der Waals surface area (Å²) in [7, 11) is 1.35. The van der Waals surface area contributed by atoms with E-state index in [2.05, 4.69) is 4.98 Å². The fourth-order valence-electron chi connectivity index (χ4n) is 2.74. The lowest BCUT2D eigenvalue weighted by Gasteiger charge is -2.08. The van der Waals surface area contributed by atoms with Gasteiger partial charge in [0.2, 0.25) is 0 Å². The van der Waals surface area contributed by atoms with E-state index in [1.54, 1.807) is 0 Å². The fourth-order valence-corrected chi connectivity index (χ4v) is 2.74. The van der Waals surface area contributed by atoms with Gasteiger partial charge in [0.1, 0.15) is 5.69 Å². The van der Waals surface area contributed by atoms with Crippen LogP contribution in [0.1, 0.15) is 16.2 Å². The lowest BCUT2D eigenvalue weighted by molar-refractivity contribution is 0.0595. The Kier molecular flexibility index (Phi) is 4.26. The second-order valence-electron chi connectivity index (χ2n) is 5.11. The maximum atomic E-state index is 12.2. The zero-order valence-electron chi connectivity index (χ0n) is 12.7. The highest BCUT2D eigenvalue weighted by Crippen LogP contribution is 2.38. The second kappa shape index (κ2) is 6.50. The third-order valence-corrected chi connectivity index (χ3v) is 3.75. The van der Waals surface area contributed by atoms with Gasteiger partial charge in [-0.15, -0.1) is 0 Å². The lowest BCUT2D eigenvalue weighted by Crippen LogP contribution is -2.03. The van der Waals surface area contributed by atoms with E-state index in [-0.39, 0.29) is 6.61 Å². The number of carbonyl (C=O) groups excluding carboxylic acids is 1. The number of aromatic nitrogens is 1. The molecule has 1 aromatic heterocycles. The van der Waals surface area contributed by atoms with Gasteiger partial charge in [0.05, 0.1) is 13.7 Å². The summed E-state index contributed by atoms with van der Waals surface area (Å²) in [4.78, 5) is 15.2. The zero-order valence-corrected chi connectivity index (χ0v) is 12.7. The standard InChI is InChI=1S/C19H17NO3/c1-23-19(22)18-17(14-10-6-3-7-11-14)16(15(12-21)20-18)13-8-4-2-5-9-13/h2-11,20-21H,12H2,1H3. The number of hydrogen-bond donors (Lipinski definition) is 2. The first-order chi connectivity index (χ1) is 11.3. The molecule has 0 amide bonds. The largest absolute Gasteiger partial charge is 0.464 e. The molecule has 23 heavy (non-hydrogen) atoms. The van der Waals surface area contributed by atoms with Crippen molar-refractivity contribution in [2.75, 3.05) is 7.11 Å². The zero-order chi connectivity index (χ0) is 16.2. The van der Waals surface area contributed by atoms with Crippen LogP contribution >= 0.6 is 0 Å². The van der Waals surface area contributed by atoms with Crippen molar-refractivity contribution in [2.45, 2.75) is 6.61 Å². The van der Waals surface area contributed by atoms with Crippen LogP contribution in [-0.2, 0) is 11.3 Å². The molecule has 0 bridgehead atoms. The van der Waals surface area contributed by atoms with Gasteiger partial charge in [0, 0.05) is 16.8 Å². The van der Waals surface area contributed by atoms with Crippen molar-refractivity contribution < 1.29 is 14.6 Å². The van der Waals surface area contributed by atoms with Gasteiger partial charge in [0.25, 0.3) is 0 Å². The molecular weight excluding hydrogens is 290 g/mol. The molecule has 0 radical (unpaired) electrons. The number of hydrogen-bond acceptors (Lipinski definition) is 3. The summed E-state index contributed by atoms with van der Waals surface area (Å²) in [6.45, 7) is -0.193. The summed E-state index contributed by atoms with van der Waals surface area (Å²) in [5, 5.41) is 9.74. The molecule has 0 spiro atoms. The SMILES string of the molecule is COC(=O)c1[nH]c(CO)c(-c2ccccc2)c1-c1ccccc1. The number of rotatable bonds is 4. The molecule has 1 heterocycles. The number of aromatic amines is 1. The Morgan fingerprint density at radius 3 is 1.96 bits per heavy atom. The van der Waals surface area contributed by atoms with E-state index in [4.69, 9.17) is 4.74 Å². The van der Waals surface area contributed by atoms with Crippen molar-refractivity contribution >= 4 is 5.97 Å². The molecule has 0 aliphatic carbocycles. The number of nitrogens with one attached hydrogen (secondary N) is 1. The lowest BCUT2D eigenvalue weighted by atomic mass is 9.95. The van der Waals surface area contributed by atoms with Gasteiger partial charge in [-0.05, 0) is 11.1 Å². The minimum absolute atomic E-state index is 0.193. The van der Waals surface area contributed by atoms with E-state index in [1.807, 2.05) is 60.7 Å². The van der Waals surface area contributed by atoms with Crippen LogP contribution in [0.2, 0.25) is 0 Å². The number of aliphatic hydroxyl groups is 1. The third-order valence-electron chi connectivity index (χ3n) is 3.75. The van der Waals surface area contributed by atoms with Crippen LogP contribution in [0.3, 0.4) is 0 Å². The average molecular weight is 307 g/mol. The third kappa shape index (κ3) is 2.76. The van der Waals surface area contributed by atoms with Gasteiger partial charge >= 0.3 is 5.97 Å². The predicted molar refractivity (Wildman–Crippen MR) is 88.9 cm³/mol. The molecule has 0 fully saturated rings. The van der Waals surface area contributed by atoms with Gasteiger partial charge in [-0.1, -0.05) is 60.7 Å². The van der Waals surface area contributed by atoms with E-state index in [9.17, 15) is 9.90 Å². The fraction of sp³-hybridized carbons (Fsp3) is 0.105. The van der Waals surface area contributed by atoms with Crippen molar-refractivity contribution in [3.05, 3.63) is 72.1 Å². The Labute approximate surface area is 134 Å². The van der Waals surface area contributed by atoms with Gasteiger partial charge in [-0.2, -0.15) is 0 Å². The number of carbonyl (C=O) groups is 1. The number of H-pyrrole nitrogens is 1. The van der Waals surface area contributed by atoms with Gasteiger partial charge in [-0.25, -0.2) is 4.79 Å². The van der Waals surface area contributed by atoms with Crippen LogP contribution in [0.25, 0.3) is 22.3 Å². The Morgan fingerprint density at radius 2 is 1.48 bits per heavy atom.